The van der Waals surface area contributed by atoms with Gasteiger partial charge in [-0.1, -0.05) is 6.92 Å². The SMILES string of the molecule is CCCSCC(C(=O)O)N1C(=O)OC1(C)C. The number of nitrogens with zero attached hydrogens (tertiary/aromatic N) is 1. The number of rotatable bonds is 6. The molecule has 0 aliphatic carbocycles. The zero-order valence-electron chi connectivity index (χ0n) is 9.73. The van der Waals surface area contributed by atoms with E-state index in [0.717, 1.165) is 12.2 Å². The van der Waals surface area contributed by atoms with Gasteiger partial charge in [0.25, 0.3) is 0 Å². The summed E-state index contributed by atoms with van der Waals surface area (Å²) in [6, 6.07) is -0.798. The Hall–Kier alpha value is -0.910. The molecule has 92 valence electrons. The van der Waals surface area contributed by atoms with Crippen molar-refractivity contribution in [3.63, 3.8) is 0 Å². The van der Waals surface area contributed by atoms with Crippen molar-refractivity contribution in [1.29, 1.82) is 0 Å². The van der Waals surface area contributed by atoms with Crippen LogP contribution in [-0.2, 0) is 9.53 Å². The summed E-state index contributed by atoms with van der Waals surface area (Å²) in [5.74, 6) is 0.322. The molecule has 1 aliphatic rings. The first kappa shape index (κ1) is 13.2. The van der Waals surface area contributed by atoms with E-state index in [4.69, 9.17) is 9.84 Å². The molecule has 1 unspecified atom stereocenters. The highest BCUT2D eigenvalue weighted by Gasteiger charge is 2.51. The van der Waals surface area contributed by atoms with Gasteiger partial charge in [0.2, 0.25) is 0 Å². The number of aliphatic carboxylic acids is 1. The molecular formula is C10H17NO4S. The molecule has 1 aliphatic heterocycles. The molecule has 16 heavy (non-hydrogen) atoms. The van der Waals surface area contributed by atoms with Gasteiger partial charge in [-0.15, -0.1) is 0 Å². The summed E-state index contributed by atoms with van der Waals surface area (Å²) in [6.07, 6.45) is 0.444. The lowest BCUT2D eigenvalue weighted by molar-refractivity contribution is -0.188. The van der Waals surface area contributed by atoms with Gasteiger partial charge in [-0.05, 0) is 26.0 Å². The number of cyclic esters (lactones) is 1. The molecule has 1 atom stereocenters. The second-order valence-electron chi connectivity index (χ2n) is 4.11. The molecule has 0 radical (unpaired) electrons. The van der Waals surface area contributed by atoms with Gasteiger partial charge in [0.1, 0.15) is 6.04 Å². The first-order valence-electron chi connectivity index (χ1n) is 5.23. The van der Waals surface area contributed by atoms with Crippen molar-refractivity contribution in [2.45, 2.75) is 39.0 Å². The van der Waals surface area contributed by atoms with E-state index in [-0.39, 0.29) is 0 Å². The summed E-state index contributed by atoms with van der Waals surface area (Å²) in [7, 11) is 0. The smallest absolute Gasteiger partial charge is 0.415 e. The minimum Gasteiger partial charge on any atom is -0.480 e. The molecule has 5 nitrogen and oxygen atoms in total. The highest BCUT2D eigenvalue weighted by molar-refractivity contribution is 7.99. The number of amides is 1. The number of carboxylic acids is 1. The highest BCUT2D eigenvalue weighted by atomic mass is 32.2. The number of carbonyl (C=O) groups is 2. The van der Waals surface area contributed by atoms with E-state index >= 15 is 0 Å². The molecule has 0 aromatic carbocycles. The van der Waals surface area contributed by atoms with E-state index in [1.54, 1.807) is 13.8 Å². The zero-order valence-corrected chi connectivity index (χ0v) is 10.5. The Labute approximate surface area is 99.1 Å². The molecule has 0 saturated carbocycles. The van der Waals surface area contributed by atoms with Crippen LogP contribution in [0.5, 0.6) is 0 Å². The van der Waals surface area contributed by atoms with Crippen LogP contribution < -0.4 is 0 Å². The van der Waals surface area contributed by atoms with Crippen LogP contribution in [0.1, 0.15) is 27.2 Å². The van der Waals surface area contributed by atoms with Gasteiger partial charge < -0.3 is 9.84 Å². The van der Waals surface area contributed by atoms with E-state index in [9.17, 15) is 9.59 Å². The van der Waals surface area contributed by atoms with Gasteiger partial charge >= 0.3 is 12.1 Å². The van der Waals surface area contributed by atoms with Crippen molar-refractivity contribution in [2.24, 2.45) is 0 Å². The monoisotopic (exact) mass is 247 g/mol. The van der Waals surface area contributed by atoms with Crippen LogP contribution in [-0.4, -0.2) is 45.3 Å². The largest absolute Gasteiger partial charge is 0.480 e. The maximum atomic E-state index is 11.3. The first-order chi connectivity index (χ1) is 7.40. The van der Waals surface area contributed by atoms with Gasteiger partial charge in [-0.2, -0.15) is 11.8 Å². The Balaban J connectivity index is 2.63. The van der Waals surface area contributed by atoms with Gasteiger partial charge in [0, 0.05) is 5.75 Å². The fourth-order valence-corrected chi connectivity index (χ4v) is 2.56. The average Bonchev–Trinajstić information content (AvgIpc) is 2.15. The predicted molar refractivity (Wildman–Crippen MR) is 61.4 cm³/mol. The Kier molecular flexibility index (Phi) is 4.07. The summed E-state index contributed by atoms with van der Waals surface area (Å²) < 4.78 is 4.89. The fraction of sp³-hybridized carbons (Fsp3) is 0.800. The summed E-state index contributed by atoms with van der Waals surface area (Å²) in [4.78, 5) is 23.6. The van der Waals surface area contributed by atoms with Crippen molar-refractivity contribution in [2.75, 3.05) is 11.5 Å². The molecule has 0 aromatic rings. The number of carboxylic acid groups (broad SMARTS) is 1. The number of ether oxygens (including phenoxy) is 1. The summed E-state index contributed by atoms with van der Waals surface area (Å²) >= 11 is 1.54. The van der Waals surface area contributed by atoms with Crippen LogP contribution in [0.4, 0.5) is 4.79 Å². The number of hydrogen-bond donors (Lipinski definition) is 1. The minimum absolute atomic E-state index is 0.404. The second kappa shape index (κ2) is 4.95. The second-order valence-corrected chi connectivity index (χ2v) is 5.26. The Bertz CT molecular complexity index is 293. The van der Waals surface area contributed by atoms with Crippen LogP contribution in [0.2, 0.25) is 0 Å². The first-order valence-corrected chi connectivity index (χ1v) is 6.38. The third-order valence-corrected chi connectivity index (χ3v) is 3.58. The molecule has 1 rings (SSSR count). The Morgan fingerprint density at radius 3 is 2.62 bits per heavy atom. The van der Waals surface area contributed by atoms with Crippen LogP contribution in [0.25, 0.3) is 0 Å². The lowest BCUT2D eigenvalue weighted by atomic mass is 10.1. The molecular weight excluding hydrogens is 230 g/mol. The van der Waals surface area contributed by atoms with Crippen molar-refractivity contribution in [3.05, 3.63) is 0 Å². The van der Waals surface area contributed by atoms with E-state index < -0.39 is 23.8 Å². The maximum Gasteiger partial charge on any atom is 0.415 e. The van der Waals surface area contributed by atoms with Crippen molar-refractivity contribution < 1.29 is 19.4 Å². The Morgan fingerprint density at radius 1 is 1.62 bits per heavy atom. The molecule has 1 saturated heterocycles. The summed E-state index contributed by atoms with van der Waals surface area (Å²) in [6.45, 7) is 5.41. The molecule has 1 N–H and O–H groups in total. The normalized spacial score (nSPS) is 19.9. The zero-order chi connectivity index (χ0) is 12.3. The van der Waals surface area contributed by atoms with Crippen molar-refractivity contribution in [3.8, 4) is 0 Å². The summed E-state index contributed by atoms with van der Waals surface area (Å²) in [5, 5.41) is 9.10. The number of hydrogen-bond acceptors (Lipinski definition) is 4. The van der Waals surface area contributed by atoms with Crippen molar-refractivity contribution in [1.82, 2.24) is 4.90 Å². The van der Waals surface area contributed by atoms with Crippen LogP contribution in [0.3, 0.4) is 0 Å². The molecule has 0 bridgehead atoms. The quantitative estimate of drug-likeness (QED) is 0.724. The van der Waals surface area contributed by atoms with Crippen LogP contribution >= 0.6 is 11.8 Å². The van der Waals surface area contributed by atoms with Crippen molar-refractivity contribution >= 4 is 23.8 Å². The molecule has 0 aromatic heterocycles. The predicted octanol–water partition coefficient (Wildman–Crippen LogP) is 1.77. The lowest BCUT2D eigenvalue weighted by Gasteiger charge is -2.48. The number of thioether (sulfide) groups is 1. The molecule has 6 heteroatoms. The Morgan fingerprint density at radius 2 is 2.25 bits per heavy atom. The summed E-state index contributed by atoms with van der Waals surface area (Å²) in [5.41, 5.74) is -0.799. The van der Waals surface area contributed by atoms with Gasteiger partial charge in [0.05, 0.1) is 0 Å². The standard InChI is InChI=1S/C10H17NO4S/c1-4-5-16-6-7(8(12)13)11-9(14)15-10(11,2)3/h7H,4-6H2,1-3H3,(H,12,13). The minimum atomic E-state index is -0.978. The van der Waals surface area contributed by atoms with E-state index in [0.29, 0.717) is 5.75 Å². The molecule has 0 spiro atoms. The third kappa shape index (κ3) is 2.61. The van der Waals surface area contributed by atoms with E-state index in [1.807, 2.05) is 6.92 Å². The molecule has 1 heterocycles. The highest BCUT2D eigenvalue weighted by Crippen LogP contribution is 2.32. The van der Waals surface area contributed by atoms with Gasteiger partial charge in [0.15, 0.2) is 5.72 Å². The lowest BCUT2D eigenvalue weighted by Crippen LogP contribution is -2.67. The average molecular weight is 247 g/mol. The van der Waals surface area contributed by atoms with Crippen LogP contribution in [0.15, 0.2) is 0 Å². The van der Waals surface area contributed by atoms with E-state index in [2.05, 4.69) is 0 Å². The molecule has 1 amide bonds. The maximum absolute atomic E-state index is 11.3. The topological polar surface area (TPSA) is 66.8 Å². The fourth-order valence-electron chi connectivity index (χ4n) is 1.59. The van der Waals surface area contributed by atoms with Gasteiger partial charge in [-0.3, -0.25) is 4.90 Å². The molecule has 1 fully saturated rings. The van der Waals surface area contributed by atoms with Crippen LogP contribution in [0, 0.1) is 0 Å². The van der Waals surface area contributed by atoms with Gasteiger partial charge in [-0.25, -0.2) is 9.59 Å². The number of carbonyl (C=O) groups excluding carboxylic acids is 1. The third-order valence-electron chi connectivity index (χ3n) is 2.33. The van der Waals surface area contributed by atoms with E-state index in [1.165, 1.54) is 16.7 Å².